The molecule has 1 aliphatic rings. The number of nitrogens with one attached hydrogen (secondary N) is 2. The molecule has 150 valence electrons. The van der Waals surface area contributed by atoms with Crippen molar-refractivity contribution in [3.63, 3.8) is 0 Å². The van der Waals surface area contributed by atoms with Crippen LogP contribution in [0.1, 0.15) is 5.56 Å². The zero-order valence-electron chi connectivity index (χ0n) is 14.6. The van der Waals surface area contributed by atoms with E-state index in [2.05, 4.69) is 25.8 Å². The number of benzene rings is 1. The highest BCUT2D eigenvalue weighted by Gasteiger charge is 2.42. The molecule has 29 heavy (non-hydrogen) atoms. The summed E-state index contributed by atoms with van der Waals surface area (Å²) in [7, 11) is -2.32. The van der Waals surface area contributed by atoms with Crippen molar-refractivity contribution >= 4 is 38.8 Å². The van der Waals surface area contributed by atoms with Crippen molar-refractivity contribution in [3.05, 3.63) is 74.3 Å². The van der Waals surface area contributed by atoms with Gasteiger partial charge in [-0.3, -0.25) is 10.5 Å². The molecule has 1 unspecified atom stereocenters. The third kappa shape index (κ3) is 3.21. The number of aromatic nitrogens is 4. The van der Waals surface area contributed by atoms with E-state index in [-0.39, 0.29) is 27.3 Å². The fourth-order valence-electron chi connectivity index (χ4n) is 2.90. The zero-order valence-corrected chi connectivity index (χ0v) is 16.2. The van der Waals surface area contributed by atoms with Crippen LogP contribution in [-0.4, -0.2) is 30.1 Å². The summed E-state index contributed by atoms with van der Waals surface area (Å²) in [6.45, 7) is 0. The van der Waals surface area contributed by atoms with Gasteiger partial charge in [0.05, 0.1) is 28.6 Å². The second-order valence-corrected chi connectivity index (χ2v) is 9.44. The first-order valence-electron chi connectivity index (χ1n) is 8.16. The van der Waals surface area contributed by atoms with Gasteiger partial charge in [0.1, 0.15) is 10.8 Å². The van der Waals surface area contributed by atoms with Gasteiger partial charge < -0.3 is 15.8 Å². The first-order chi connectivity index (χ1) is 13.9. The van der Waals surface area contributed by atoms with Gasteiger partial charge in [-0.2, -0.15) is 14.9 Å². The van der Waals surface area contributed by atoms with Crippen LogP contribution in [0.3, 0.4) is 0 Å². The summed E-state index contributed by atoms with van der Waals surface area (Å²) in [5, 5.41) is 27.4. The normalized spacial score (nSPS) is 22.1. The summed E-state index contributed by atoms with van der Waals surface area (Å²) in [6.07, 6.45) is 4.50. The minimum absolute atomic E-state index is 0.109. The molecule has 2 aromatic heterocycles. The quantitative estimate of drug-likeness (QED) is 0.415. The van der Waals surface area contributed by atoms with Crippen molar-refractivity contribution < 1.29 is 9.31 Å². The lowest BCUT2D eigenvalue weighted by atomic mass is 10.2. The molecule has 0 spiro atoms. The van der Waals surface area contributed by atoms with E-state index in [0.717, 1.165) is 0 Å². The number of amidine groups is 1. The summed E-state index contributed by atoms with van der Waals surface area (Å²) in [4.78, 5) is 10.3. The number of nitrogens with two attached hydrogens (primary N) is 1. The molecule has 13 heteroatoms. The van der Waals surface area contributed by atoms with Crippen molar-refractivity contribution in [1.82, 2.24) is 25.4 Å². The minimum atomic E-state index is -2.32. The average molecular weight is 437 g/mol. The Morgan fingerprint density at radius 3 is 2.86 bits per heavy atom. The molecular weight excluding hydrogens is 423 g/mol. The lowest BCUT2D eigenvalue weighted by Gasteiger charge is -2.34. The number of hydrogen-bond donors (Lipinski definition) is 3. The number of halogens is 2. The Bertz CT molecular complexity index is 1130. The predicted molar refractivity (Wildman–Crippen MR) is 107 cm³/mol. The number of H-pyrrole nitrogens is 1. The molecule has 4 N–H and O–H groups in total. The van der Waals surface area contributed by atoms with Crippen molar-refractivity contribution in [2.45, 2.75) is 10.8 Å². The summed E-state index contributed by atoms with van der Waals surface area (Å²) >= 11 is 6.26. The van der Waals surface area contributed by atoms with Gasteiger partial charge >= 0.3 is 5.82 Å². The van der Waals surface area contributed by atoms with E-state index in [9.17, 15) is 14.5 Å². The largest absolute Gasteiger partial charge is 0.390 e. The topological polar surface area (TPSA) is 140 Å². The van der Waals surface area contributed by atoms with E-state index in [1.807, 2.05) is 0 Å². The van der Waals surface area contributed by atoms with Crippen LogP contribution in [-0.2, 0) is 5.75 Å². The van der Waals surface area contributed by atoms with Gasteiger partial charge in [-0.25, -0.2) is 4.39 Å². The number of nitrogens with zero attached hydrogens (tertiary/aromatic N) is 5. The van der Waals surface area contributed by atoms with Crippen molar-refractivity contribution in [3.8, 4) is 0 Å². The second-order valence-electron chi connectivity index (χ2n) is 5.97. The molecule has 0 saturated heterocycles. The molecule has 1 atom stereocenters. The number of hydrazone groups is 1. The van der Waals surface area contributed by atoms with E-state index in [1.165, 1.54) is 35.3 Å². The van der Waals surface area contributed by atoms with Gasteiger partial charge in [-0.15, -0.1) is 0 Å². The fraction of sp³-hybridized carbons (Fsp3) is 0.0625. The van der Waals surface area contributed by atoms with Crippen LogP contribution in [0, 0.1) is 15.9 Å². The number of aromatic amines is 1. The average Bonchev–Trinajstić information content (AvgIpc) is 3.42. The van der Waals surface area contributed by atoms with Crippen molar-refractivity contribution in [2.75, 3.05) is 0 Å². The summed E-state index contributed by atoms with van der Waals surface area (Å²) in [5.74, 6) is -0.677. The van der Waals surface area contributed by atoms with E-state index >= 15 is 0 Å². The Hall–Kier alpha value is -3.38. The van der Waals surface area contributed by atoms with Crippen LogP contribution in [0.15, 0.2) is 57.9 Å². The van der Waals surface area contributed by atoms with Gasteiger partial charge in [-0.1, -0.05) is 27.7 Å². The minimum Gasteiger partial charge on any atom is -0.377 e. The van der Waals surface area contributed by atoms with E-state index in [4.69, 9.17) is 17.3 Å². The lowest BCUT2D eigenvalue weighted by Crippen LogP contribution is -2.22. The zero-order chi connectivity index (χ0) is 20.6. The molecule has 0 saturated carbocycles. The maximum atomic E-state index is 14.6. The highest BCUT2D eigenvalue weighted by molar-refractivity contribution is 8.47. The van der Waals surface area contributed by atoms with Gasteiger partial charge in [0.25, 0.3) is 0 Å². The molecule has 3 heterocycles. The predicted octanol–water partition coefficient (Wildman–Crippen LogP) is 2.96. The molecule has 1 aromatic carbocycles. The molecule has 0 aliphatic carbocycles. The number of rotatable bonds is 5. The van der Waals surface area contributed by atoms with Gasteiger partial charge in [-0.05, 0) is 23.1 Å². The Morgan fingerprint density at radius 1 is 1.38 bits per heavy atom. The first-order valence-corrected chi connectivity index (χ1v) is 10.3. The molecular formula is C16H14ClFN8O2S. The molecule has 0 bridgehead atoms. The highest BCUT2D eigenvalue weighted by atomic mass is 35.5. The standard InChI is InChI=1S/C16H14ClFN8O2S/c17-11-2-1-3-12(18)10(11)9-29(14-4-6-20-21-14)15(22-23-16(29)19)8-25-7-5-13(24-25)26(27)28/h1-8,22H,9H2,(H2,19,23)(H,20,21). The third-order valence-electron chi connectivity index (χ3n) is 4.31. The first kappa shape index (κ1) is 19.0. The van der Waals surface area contributed by atoms with Crippen LogP contribution in [0.2, 0.25) is 5.02 Å². The highest BCUT2D eigenvalue weighted by Crippen LogP contribution is 2.65. The van der Waals surface area contributed by atoms with E-state index in [1.54, 1.807) is 18.3 Å². The Morgan fingerprint density at radius 2 is 2.21 bits per heavy atom. The Kier molecular flexibility index (Phi) is 4.72. The Labute approximate surface area is 169 Å². The summed E-state index contributed by atoms with van der Waals surface area (Å²) in [5.41, 5.74) is 9.41. The lowest BCUT2D eigenvalue weighted by molar-refractivity contribution is -0.389. The van der Waals surface area contributed by atoms with Crippen molar-refractivity contribution in [1.29, 1.82) is 0 Å². The molecule has 4 rings (SSSR count). The number of nitro groups is 1. The van der Waals surface area contributed by atoms with Crippen LogP contribution in [0.5, 0.6) is 0 Å². The molecule has 0 fully saturated rings. The summed E-state index contributed by atoms with van der Waals surface area (Å²) in [6, 6.07) is 7.41. The molecule has 3 aromatic rings. The fourth-order valence-corrected chi connectivity index (χ4v) is 6.27. The SMILES string of the molecule is NC1=NNC(=Cn2ccc([N+](=O)[O-])n2)S1(Cc1c(F)cccc1Cl)c1ccn[nH]1. The van der Waals surface area contributed by atoms with Crippen molar-refractivity contribution in [2.24, 2.45) is 10.8 Å². The van der Waals surface area contributed by atoms with Crippen LogP contribution in [0.4, 0.5) is 10.2 Å². The molecule has 0 radical (unpaired) electrons. The maximum Gasteiger partial charge on any atom is 0.390 e. The van der Waals surface area contributed by atoms with Crippen LogP contribution in [0.25, 0.3) is 6.20 Å². The van der Waals surface area contributed by atoms with Gasteiger partial charge in [0.2, 0.25) is 0 Å². The third-order valence-corrected chi connectivity index (χ3v) is 8.12. The smallest absolute Gasteiger partial charge is 0.377 e. The van der Waals surface area contributed by atoms with Crippen LogP contribution >= 0.6 is 21.6 Å². The van der Waals surface area contributed by atoms with E-state index in [0.29, 0.717) is 10.1 Å². The number of hydrogen-bond acceptors (Lipinski definition) is 7. The second kappa shape index (κ2) is 7.22. The van der Waals surface area contributed by atoms with Crippen LogP contribution < -0.4 is 11.2 Å². The van der Waals surface area contributed by atoms with Gasteiger partial charge in [0.15, 0.2) is 5.17 Å². The van der Waals surface area contributed by atoms with E-state index < -0.39 is 20.8 Å². The molecule has 10 nitrogen and oxygen atoms in total. The maximum absolute atomic E-state index is 14.6. The van der Waals surface area contributed by atoms with Gasteiger partial charge in [0, 0.05) is 22.5 Å². The molecule has 1 aliphatic heterocycles. The Balaban J connectivity index is 1.87. The summed E-state index contributed by atoms with van der Waals surface area (Å²) < 4.78 is 15.9. The monoisotopic (exact) mass is 436 g/mol. The molecule has 0 amide bonds.